The largest absolute Gasteiger partial charge is 0.371 e. The Morgan fingerprint density at radius 3 is 2.64 bits per heavy atom. The second-order valence-corrected chi connectivity index (χ2v) is 7.53. The van der Waals surface area contributed by atoms with Crippen molar-refractivity contribution in [3.05, 3.63) is 46.2 Å². The van der Waals surface area contributed by atoms with E-state index < -0.39 is 0 Å². The Hall–Kier alpha value is -2.34. The molecule has 132 valence electrons. The van der Waals surface area contributed by atoms with Crippen LogP contribution in [0.25, 0.3) is 0 Å². The van der Waals surface area contributed by atoms with Crippen molar-refractivity contribution in [3.63, 3.8) is 0 Å². The molecule has 5 nitrogen and oxygen atoms in total. The summed E-state index contributed by atoms with van der Waals surface area (Å²) in [5.74, 6) is -0.437. The number of piperidine rings is 1. The van der Waals surface area contributed by atoms with Gasteiger partial charge in [0.15, 0.2) is 0 Å². The molecule has 2 N–H and O–H groups in total. The monoisotopic (exact) mass is 357 g/mol. The molecule has 3 rings (SSSR count). The van der Waals surface area contributed by atoms with Crippen LogP contribution in [0.3, 0.4) is 0 Å². The van der Waals surface area contributed by atoms with Crippen LogP contribution in [0, 0.1) is 6.92 Å². The predicted molar refractivity (Wildman–Crippen MR) is 103 cm³/mol. The lowest BCUT2D eigenvalue weighted by atomic mass is 10.1. The molecule has 2 amide bonds. The first-order valence-corrected chi connectivity index (χ1v) is 9.43. The van der Waals surface area contributed by atoms with Gasteiger partial charge >= 0.3 is 0 Å². The van der Waals surface area contributed by atoms with Crippen LogP contribution in [0.4, 0.5) is 11.4 Å². The third-order valence-corrected chi connectivity index (χ3v) is 5.22. The normalized spacial score (nSPS) is 14.2. The number of aryl methyl sites for hydroxylation is 1. The lowest BCUT2D eigenvalue weighted by Gasteiger charge is -2.29. The van der Waals surface area contributed by atoms with Crippen LogP contribution in [0.2, 0.25) is 0 Å². The zero-order valence-corrected chi connectivity index (χ0v) is 15.2. The van der Waals surface area contributed by atoms with E-state index >= 15 is 0 Å². The summed E-state index contributed by atoms with van der Waals surface area (Å²) in [5.41, 5.74) is 1.89. The Balaban J connectivity index is 1.53. The van der Waals surface area contributed by atoms with E-state index in [1.54, 1.807) is 6.07 Å². The molecule has 0 bridgehead atoms. The molecule has 2 aromatic rings. The fourth-order valence-electron chi connectivity index (χ4n) is 2.94. The summed E-state index contributed by atoms with van der Waals surface area (Å²) in [7, 11) is 0. The van der Waals surface area contributed by atoms with Crippen LogP contribution in [0.5, 0.6) is 0 Å². The van der Waals surface area contributed by atoms with Crippen molar-refractivity contribution < 1.29 is 9.59 Å². The Kier molecular flexibility index (Phi) is 5.71. The van der Waals surface area contributed by atoms with E-state index in [1.807, 2.05) is 31.2 Å². The lowest BCUT2D eigenvalue weighted by Crippen LogP contribution is -2.32. The molecule has 0 unspecified atom stereocenters. The molecule has 1 fully saturated rings. The van der Waals surface area contributed by atoms with Gasteiger partial charge in [-0.05, 0) is 56.5 Å². The van der Waals surface area contributed by atoms with Gasteiger partial charge in [0, 0.05) is 29.3 Å². The van der Waals surface area contributed by atoms with Crippen LogP contribution < -0.4 is 15.5 Å². The summed E-state index contributed by atoms with van der Waals surface area (Å²) >= 11 is 1.42. The molecule has 0 saturated carbocycles. The average Bonchev–Trinajstić information content (AvgIpc) is 3.07. The van der Waals surface area contributed by atoms with Gasteiger partial charge in [-0.25, -0.2) is 0 Å². The zero-order chi connectivity index (χ0) is 17.6. The topological polar surface area (TPSA) is 61.4 Å². The number of carbonyl (C=O) groups excluding carboxylic acids is 2. The van der Waals surface area contributed by atoms with Gasteiger partial charge in [0.05, 0.1) is 11.4 Å². The van der Waals surface area contributed by atoms with Gasteiger partial charge in [-0.1, -0.05) is 6.07 Å². The molecule has 1 aliphatic rings. The molecule has 0 atom stereocenters. The molecule has 1 aliphatic heterocycles. The van der Waals surface area contributed by atoms with Gasteiger partial charge in [0.2, 0.25) is 5.91 Å². The summed E-state index contributed by atoms with van der Waals surface area (Å²) in [6.07, 6.45) is 3.71. The summed E-state index contributed by atoms with van der Waals surface area (Å²) in [4.78, 5) is 28.1. The molecule has 0 aliphatic carbocycles. The highest BCUT2D eigenvalue weighted by atomic mass is 32.1. The van der Waals surface area contributed by atoms with Crippen LogP contribution >= 0.6 is 11.3 Å². The van der Waals surface area contributed by atoms with E-state index in [2.05, 4.69) is 21.6 Å². The number of carbonyl (C=O) groups is 2. The standard InChI is InChI=1S/C19H23N3O2S/c1-14-8-9-17(25-14)19(24)20-13-18(23)21-15-6-5-7-16(12-15)22-10-3-2-4-11-22/h5-9,12H,2-4,10-11,13H2,1H3,(H,20,24)(H,21,23). The van der Waals surface area contributed by atoms with Crippen molar-refractivity contribution >= 4 is 34.5 Å². The van der Waals surface area contributed by atoms with Crippen molar-refractivity contribution in [2.24, 2.45) is 0 Å². The number of thiophene rings is 1. The first kappa shape index (κ1) is 17.5. The van der Waals surface area contributed by atoms with Gasteiger partial charge < -0.3 is 15.5 Å². The highest BCUT2D eigenvalue weighted by molar-refractivity contribution is 7.13. The van der Waals surface area contributed by atoms with Crippen molar-refractivity contribution in [1.29, 1.82) is 0 Å². The summed E-state index contributed by atoms with van der Waals surface area (Å²) in [6.45, 7) is 4.04. The Labute approximate surface area is 152 Å². The first-order valence-electron chi connectivity index (χ1n) is 8.61. The van der Waals surface area contributed by atoms with E-state index in [0.717, 1.165) is 29.3 Å². The number of anilines is 2. The van der Waals surface area contributed by atoms with E-state index in [-0.39, 0.29) is 18.4 Å². The second kappa shape index (κ2) is 8.16. The Morgan fingerprint density at radius 1 is 1.12 bits per heavy atom. The average molecular weight is 357 g/mol. The number of benzene rings is 1. The first-order chi connectivity index (χ1) is 12.1. The van der Waals surface area contributed by atoms with Gasteiger partial charge in [0.1, 0.15) is 0 Å². The molecule has 1 saturated heterocycles. The van der Waals surface area contributed by atoms with Gasteiger partial charge in [0.25, 0.3) is 5.91 Å². The number of rotatable bonds is 5. The number of hydrogen-bond acceptors (Lipinski definition) is 4. The van der Waals surface area contributed by atoms with Crippen molar-refractivity contribution in [3.8, 4) is 0 Å². The molecule has 1 aromatic heterocycles. The fraction of sp³-hybridized carbons (Fsp3) is 0.368. The highest BCUT2D eigenvalue weighted by Crippen LogP contribution is 2.23. The Morgan fingerprint density at radius 2 is 1.92 bits per heavy atom. The van der Waals surface area contributed by atoms with Crippen molar-refractivity contribution in [2.75, 3.05) is 29.9 Å². The quantitative estimate of drug-likeness (QED) is 0.862. The molecule has 2 heterocycles. The molecule has 25 heavy (non-hydrogen) atoms. The maximum absolute atomic E-state index is 12.1. The van der Waals surface area contributed by atoms with Crippen molar-refractivity contribution in [2.45, 2.75) is 26.2 Å². The van der Waals surface area contributed by atoms with E-state index in [1.165, 1.54) is 30.6 Å². The number of hydrogen-bond donors (Lipinski definition) is 2. The number of nitrogens with one attached hydrogen (secondary N) is 2. The fourth-order valence-corrected chi connectivity index (χ4v) is 3.73. The summed E-state index contributed by atoms with van der Waals surface area (Å²) in [5, 5.41) is 5.52. The summed E-state index contributed by atoms with van der Waals surface area (Å²) < 4.78 is 0. The van der Waals surface area contributed by atoms with Crippen molar-refractivity contribution in [1.82, 2.24) is 5.32 Å². The third-order valence-electron chi connectivity index (χ3n) is 4.22. The number of amides is 2. The minimum Gasteiger partial charge on any atom is -0.371 e. The third kappa shape index (κ3) is 4.82. The molecular formula is C19H23N3O2S. The lowest BCUT2D eigenvalue weighted by molar-refractivity contribution is -0.115. The summed E-state index contributed by atoms with van der Waals surface area (Å²) in [6, 6.07) is 11.6. The molecule has 1 aromatic carbocycles. The maximum atomic E-state index is 12.1. The smallest absolute Gasteiger partial charge is 0.261 e. The van der Waals surface area contributed by atoms with E-state index in [0.29, 0.717) is 4.88 Å². The molecule has 6 heteroatoms. The molecule has 0 spiro atoms. The van der Waals surface area contributed by atoms with Gasteiger partial charge in [-0.3, -0.25) is 9.59 Å². The predicted octanol–water partition coefficient (Wildman–Crippen LogP) is 3.42. The van der Waals surface area contributed by atoms with E-state index in [9.17, 15) is 9.59 Å². The van der Waals surface area contributed by atoms with Crippen LogP contribution in [0.1, 0.15) is 33.8 Å². The maximum Gasteiger partial charge on any atom is 0.261 e. The molecular weight excluding hydrogens is 334 g/mol. The Bertz CT molecular complexity index is 751. The van der Waals surface area contributed by atoms with E-state index in [4.69, 9.17) is 0 Å². The SMILES string of the molecule is Cc1ccc(C(=O)NCC(=O)Nc2cccc(N3CCCCC3)c2)s1. The minimum atomic E-state index is -0.225. The van der Waals surface area contributed by atoms with Gasteiger partial charge in [-0.15, -0.1) is 11.3 Å². The highest BCUT2D eigenvalue weighted by Gasteiger charge is 2.13. The second-order valence-electron chi connectivity index (χ2n) is 6.24. The zero-order valence-electron chi connectivity index (χ0n) is 14.4. The van der Waals surface area contributed by atoms with Crippen LogP contribution in [0.15, 0.2) is 36.4 Å². The van der Waals surface area contributed by atoms with Crippen LogP contribution in [-0.2, 0) is 4.79 Å². The van der Waals surface area contributed by atoms with Crippen LogP contribution in [-0.4, -0.2) is 31.4 Å². The minimum absolute atomic E-state index is 0.0380. The van der Waals surface area contributed by atoms with Gasteiger partial charge in [-0.2, -0.15) is 0 Å². The number of nitrogens with zero attached hydrogens (tertiary/aromatic N) is 1. The molecule has 0 radical (unpaired) electrons.